The van der Waals surface area contributed by atoms with E-state index in [2.05, 4.69) is 10.1 Å². The first-order chi connectivity index (χ1) is 17.4. The molecule has 3 aromatic carbocycles. The Bertz CT molecular complexity index is 1710. The molecule has 9 nitrogen and oxygen atoms in total. The number of amides is 1. The Hall–Kier alpha value is -4.63. The summed E-state index contributed by atoms with van der Waals surface area (Å²) in [6.45, 7) is -0.295. The maximum atomic E-state index is 13.4. The second-order valence-electron chi connectivity index (χ2n) is 7.74. The van der Waals surface area contributed by atoms with Crippen LogP contribution in [0, 0.1) is 0 Å². The van der Waals surface area contributed by atoms with Crippen molar-refractivity contribution in [2.75, 3.05) is 13.7 Å². The molecule has 0 bridgehead atoms. The molecule has 0 saturated carbocycles. The summed E-state index contributed by atoms with van der Waals surface area (Å²) in [7, 11) is 1.57. The number of halogens is 1. The number of carbonyl (C=O) groups excluding carboxylic acids is 1. The number of nitrogens with zero attached hydrogens (tertiary/aromatic N) is 3. The molecule has 36 heavy (non-hydrogen) atoms. The van der Waals surface area contributed by atoms with Crippen LogP contribution in [-0.2, 0) is 4.79 Å². The molecule has 10 heteroatoms. The van der Waals surface area contributed by atoms with Gasteiger partial charge in [-0.2, -0.15) is 9.78 Å². The van der Waals surface area contributed by atoms with Crippen LogP contribution in [0.15, 0.2) is 81.0 Å². The normalized spacial score (nSPS) is 11.4. The SMILES string of the molecule is COc1cccc2oc(-c3nc4ccccc4c(=O)n3N=Cc3ccc(OCC(N)=O)c(Cl)c3)cc12. The number of primary amides is 1. The lowest BCUT2D eigenvalue weighted by Gasteiger charge is -2.08. The number of furan rings is 1. The highest BCUT2D eigenvalue weighted by Gasteiger charge is 2.18. The zero-order valence-corrected chi connectivity index (χ0v) is 19.7. The van der Waals surface area contributed by atoms with Crippen LogP contribution in [0.1, 0.15) is 5.56 Å². The van der Waals surface area contributed by atoms with Crippen LogP contribution >= 0.6 is 11.6 Å². The Morgan fingerprint density at radius 3 is 2.72 bits per heavy atom. The van der Waals surface area contributed by atoms with E-state index in [1.54, 1.807) is 61.7 Å². The third-order valence-electron chi connectivity index (χ3n) is 5.36. The quantitative estimate of drug-likeness (QED) is 0.332. The summed E-state index contributed by atoms with van der Waals surface area (Å²) in [5.74, 6) is 0.891. The van der Waals surface area contributed by atoms with Gasteiger partial charge in [0.25, 0.3) is 11.5 Å². The maximum absolute atomic E-state index is 13.4. The number of nitrogens with two attached hydrogens (primary N) is 1. The number of hydrogen-bond donors (Lipinski definition) is 1. The van der Waals surface area contributed by atoms with Gasteiger partial charge in [0.2, 0.25) is 5.82 Å². The Morgan fingerprint density at radius 2 is 1.94 bits per heavy atom. The largest absolute Gasteiger partial charge is 0.496 e. The molecule has 2 heterocycles. The van der Waals surface area contributed by atoms with Gasteiger partial charge in [0, 0.05) is 0 Å². The molecule has 5 aromatic rings. The first-order valence-electron chi connectivity index (χ1n) is 10.8. The minimum atomic E-state index is -0.615. The molecule has 5 rings (SSSR count). The summed E-state index contributed by atoms with van der Waals surface area (Å²) in [6.07, 6.45) is 1.47. The summed E-state index contributed by atoms with van der Waals surface area (Å²) >= 11 is 6.26. The first-order valence-corrected chi connectivity index (χ1v) is 11.2. The highest BCUT2D eigenvalue weighted by Crippen LogP contribution is 2.33. The molecule has 0 spiro atoms. The second kappa shape index (κ2) is 9.55. The third kappa shape index (κ3) is 4.39. The van der Waals surface area contributed by atoms with E-state index in [0.29, 0.717) is 39.3 Å². The van der Waals surface area contributed by atoms with Crippen molar-refractivity contribution in [1.29, 1.82) is 0 Å². The van der Waals surface area contributed by atoms with Gasteiger partial charge in [-0.15, -0.1) is 0 Å². The van der Waals surface area contributed by atoms with E-state index in [-0.39, 0.29) is 23.0 Å². The number of para-hydroxylation sites is 1. The van der Waals surface area contributed by atoms with Gasteiger partial charge < -0.3 is 19.6 Å². The van der Waals surface area contributed by atoms with Crippen molar-refractivity contribution in [3.05, 3.63) is 87.7 Å². The number of fused-ring (bicyclic) bond motifs is 2. The standard InChI is InChI=1S/C26H19ClN4O5/c1-34-20-7-4-8-21-17(20)12-23(36-21)25-30-19-6-3-2-5-16(19)26(33)31(25)29-13-15-9-10-22(18(27)11-15)35-14-24(28)32/h2-13H,14H2,1H3,(H2,28,32). The molecule has 2 aromatic heterocycles. The molecule has 0 saturated heterocycles. The second-order valence-corrected chi connectivity index (χ2v) is 8.15. The van der Waals surface area contributed by atoms with Crippen molar-refractivity contribution >= 4 is 45.6 Å². The predicted octanol–water partition coefficient (Wildman–Crippen LogP) is 4.22. The Morgan fingerprint density at radius 1 is 1.11 bits per heavy atom. The molecule has 0 aliphatic rings. The van der Waals surface area contributed by atoms with E-state index < -0.39 is 5.91 Å². The minimum Gasteiger partial charge on any atom is -0.496 e. The molecule has 0 unspecified atom stereocenters. The zero-order valence-electron chi connectivity index (χ0n) is 19.0. The monoisotopic (exact) mass is 502 g/mol. The number of carbonyl (C=O) groups is 1. The number of aromatic nitrogens is 2. The topological polar surface area (TPSA) is 122 Å². The van der Waals surface area contributed by atoms with E-state index in [1.807, 2.05) is 12.1 Å². The average Bonchev–Trinajstić information content (AvgIpc) is 3.32. The van der Waals surface area contributed by atoms with Crippen molar-refractivity contribution in [2.24, 2.45) is 10.8 Å². The van der Waals surface area contributed by atoms with Gasteiger partial charge in [0.15, 0.2) is 12.4 Å². The number of hydrogen-bond acceptors (Lipinski definition) is 7. The molecule has 0 radical (unpaired) electrons. The van der Waals surface area contributed by atoms with E-state index >= 15 is 0 Å². The van der Waals surface area contributed by atoms with E-state index in [0.717, 1.165) is 5.39 Å². The van der Waals surface area contributed by atoms with Crippen molar-refractivity contribution in [2.45, 2.75) is 0 Å². The minimum absolute atomic E-state index is 0.223. The maximum Gasteiger partial charge on any atom is 0.282 e. The molecular formula is C26H19ClN4O5. The van der Waals surface area contributed by atoms with Crippen LogP contribution in [0.25, 0.3) is 33.5 Å². The van der Waals surface area contributed by atoms with Crippen molar-refractivity contribution in [3.63, 3.8) is 0 Å². The summed E-state index contributed by atoms with van der Waals surface area (Å²) in [4.78, 5) is 29.0. The fourth-order valence-electron chi connectivity index (χ4n) is 3.70. The van der Waals surface area contributed by atoms with Crippen LogP contribution < -0.4 is 20.8 Å². The molecule has 1 amide bonds. The fourth-order valence-corrected chi connectivity index (χ4v) is 3.94. The lowest BCUT2D eigenvalue weighted by atomic mass is 10.2. The summed E-state index contributed by atoms with van der Waals surface area (Å²) in [6, 6.07) is 19.1. The summed E-state index contributed by atoms with van der Waals surface area (Å²) < 4.78 is 17.9. The number of rotatable bonds is 7. The molecule has 2 N–H and O–H groups in total. The van der Waals surface area contributed by atoms with E-state index in [4.69, 9.17) is 31.2 Å². The van der Waals surface area contributed by atoms with E-state index in [9.17, 15) is 9.59 Å². The Labute approximate surface area is 209 Å². The zero-order chi connectivity index (χ0) is 25.2. The smallest absolute Gasteiger partial charge is 0.282 e. The van der Waals surface area contributed by atoms with Gasteiger partial charge in [0.1, 0.15) is 17.1 Å². The van der Waals surface area contributed by atoms with Crippen LogP contribution in [0.3, 0.4) is 0 Å². The number of methoxy groups -OCH3 is 1. The lowest BCUT2D eigenvalue weighted by molar-refractivity contribution is -0.119. The van der Waals surface area contributed by atoms with Gasteiger partial charge in [-0.25, -0.2) is 4.98 Å². The number of benzene rings is 3. The highest BCUT2D eigenvalue weighted by molar-refractivity contribution is 6.32. The molecule has 0 fully saturated rings. The lowest BCUT2D eigenvalue weighted by Crippen LogP contribution is -2.20. The fraction of sp³-hybridized carbons (Fsp3) is 0.0769. The molecule has 180 valence electrons. The molecule has 0 aliphatic heterocycles. The molecule has 0 atom stereocenters. The van der Waals surface area contributed by atoms with Crippen LogP contribution in [0.5, 0.6) is 11.5 Å². The molecule has 0 aliphatic carbocycles. The predicted molar refractivity (Wildman–Crippen MR) is 137 cm³/mol. The van der Waals surface area contributed by atoms with Crippen LogP contribution in [-0.4, -0.2) is 35.5 Å². The van der Waals surface area contributed by atoms with E-state index in [1.165, 1.54) is 10.9 Å². The Kier molecular flexibility index (Phi) is 6.14. The highest BCUT2D eigenvalue weighted by atomic mass is 35.5. The van der Waals surface area contributed by atoms with Crippen LogP contribution in [0.2, 0.25) is 5.02 Å². The van der Waals surface area contributed by atoms with Crippen molar-refractivity contribution in [3.8, 4) is 23.1 Å². The third-order valence-corrected chi connectivity index (χ3v) is 5.66. The van der Waals surface area contributed by atoms with Gasteiger partial charge >= 0.3 is 0 Å². The van der Waals surface area contributed by atoms with Crippen molar-refractivity contribution in [1.82, 2.24) is 9.66 Å². The Balaban J connectivity index is 1.61. The van der Waals surface area contributed by atoms with Gasteiger partial charge in [-0.3, -0.25) is 9.59 Å². The molecular weight excluding hydrogens is 484 g/mol. The average molecular weight is 503 g/mol. The van der Waals surface area contributed by atoms with Gasteiger partial charge in [-0.1, -0.05) is 29.8 Å². The van der Waals surface area contributed by atoms with Crippen molar-refractivity contribution < 1.29 is 18.7 Å². The number of ether oxygens (including phenoxy) is 2. The summed E-state index contributed by atoms with van der Waals surface area (Å²) in [5, 5.41) is 5.82. The first kappa shape index (κ1) is 23.1. The van der Waals surface area contributed by atoms with Gasteiger partial charge in [0.05, 0.1) is 34.6 Å². The van der Waals surface area contributed by atoms with Crippen LogP contribution in [0.4, 0.5) is 0 Å². The summed E-state index contributed by atoms with van der Waals surface area (Å²) in [5.41, 5.74) is 6.42. The van der Waals surface area contributed by atoms with Gasteiger partial charge in [-0.05, 0) is 54.1 Å².